The number of aryl methyl sites for hydroxylation is 1. The Morgan fingerprint density at radius 2 is 2.05 bits per heavy atom. The van der Waals surface area contributed by atoms with E-state index >= 15 is 0 Å². The fourth-order valence-electron chi connectivity index (χ4n) is 2.25. The highest BCUT2D eigenvalue weighted by Gasteiger charge is 2.17. The maximum absolute atomic E-state index is 5.51. The lowest BCUT2D eigenvalue weighted by molar-refractivity contribution is 0.0875. The highest BCUT2D eigenvalue weighted by Crippen LogP contribution is 2.22. The maximum Gasteiger partial charge on any atom is 0.135 e. The van der Waals surface area contributed by atoms with E-state index in [0.29, 0.717) is 6.04 Å². The molecule has 0 radical (unpaired) electrons. The van der Waals surface area contributed by atoms with E-state index in [1.165, 1.54) is 0 Å². The third kappa shape index (κ3) is 3.56. The van der Waals surface area contributed by atoms with Crippen molar-refractivity contribution in [2.75, 3.05) is 30.4 Å². The number of nitrogens with one attached hydrogen (secondary N) is 2. The quantitative estimate of drug-likeness (QED) is 0.855. The summed E-state index contributed by atoms with van der Waals surface area (Å²) in [6.45, 7) is 8.73. The van der Waals surface area contributed by atoms with Crippen molar-refractivity contribution >= 4 is 11.6 Å². The molecule has 1 saturated heterocycles. The average molecular weight is 264 g/mol. The molecule has 5 nitrogen and oxygen atoms in total. The molecule has 19 heavy (non-hydrogen) atoms. The summed E-state index contributed by atoms with van der Waals surface area (Å²) >= 11 is 0. The minimum absolute atomic E-state index is 0.363. The van der Waals surface area contributed by atoms with Gasteiger partial charge < -0.3 is 15.4 Å². The van der Waals surface area contributed by atoms with Crippen LogP contribution in [-0.2, 0) is 11.2 Å². The molecule has 1 atom stereocenters. The summed E-state index contributed by atoms with van der Waals surface area (Å²) in [5.74, 6) is 2.76. The van der Waals surface area contributed by atoms with Crippen molar-refractivity contribution in [3.05, 3.63) is 11.4 Å². The molecule has 0 bridgehead atoms. The second kappa shape index (κ2) is 6.70. The first-order chi connectivity index (χ1) is 9.24. The smallest absolute Gasteiger partial charge is 0.135 e. The Morgan fingerprint density at radius 3 is 2.68 bits per heavy atom. The van der Waals surface area contributed by atoms with Crippen LogP contribution in [0.25, 0.3) is 0 Å². The molecule has 5 heteroatoms. The van der Waals surface area contributed by atoms with Crippen LogP contribution in [0, 0.1) is 6.92 Å². The molecule has 2 rings (SSSR count). The van der Waals surface area contributed by atoms with Crippen molar-refractivity contribution < 1.29 is 4.74 Å². The van der Waals surface area contributed by atoms with Crippen molar-refractivity contribution in [2.24, 2.45) is 0 Å². The highest BCUT2D eigenvalue weighted by atomic mass is 16.5. The predicted octanol–water partition coefficient (Wildman–Crippen LogP) is 2.37. The molecule has 1 aliphatic heterocycles. The molecule has 0 saturated carbocycles. The minimum atomic E-state index is 0.363. The summed E-state index contributed by atoms with van der Waals surface area (Å²) in [5, 5.41) is 6.81. The van der Waals surface area contributed by atoms with Gasteiger partial charge in [0.15, 0.2) is 0 Å². The molecule has 1 aromatic heterocycles. The lowest BCUT2D eigenvalue weighted by atomic mass is 10.1. The summed E-state index contributed by atoms with van der Waals surface area (Å²) in [4.78, 5) is 9.15. The van der Waals surface area contributed by atoms with E-state index in [4.69, 9.17) is 4.74 Å². The molecular weight excluding hydrogens is 240 g/mol. The number of anilines is 2. The predicted molar refractivity (Wildman–Crippen MR) is 77.8 cm³/mol. The number of hydrogen-bond acceptors (Lipinski definition) is 5. The summed E-state index contributed by atoms with van der Waals surface area (Å²) in [6.07, 6.45) is 3.10. The fraction of sp³-hybridized carbons (Fsp3) is 0.714. The third-order valence-electron chi connectivity index (χ3n) is 3.35. The molecular formula is C14H24N4O. The Morgan fingerprint density at radius 1 is 1.26 bits per heavy atom. The van der Waals surface area contributed by atoms with Crippen molar-refractivity contribution in [3.63, 3.8) is 0 Å². The van der Waals surface area contributed by atoms with E-state index in [2.05, 4.69) is 41.4 Å². The van der Waals surface area contributed by atoms with Crippen LogP contribution in [0.5, 0.6) is 0 Å². The van der Waals surface area contributed by atoms with Gasteiger partial charge in [-0.15, -0.1) is 0 Å². The minimum Gasteiger partial charge on any atom is -0.379 e. The van der Waals surface area contributed by atoms with Gasteiger partial charge in [-0.3, -0.25) is 0 Å². The molecule has 2 N–H and O–H groups in total. The van der Waals surface area contributed by atoms with Crippen LogP contribution in [0.4, 0.5) is 11.6 Å². The topological polar surface area (TPSA) is 59.1 Å². The Balaban J connectivity index is 2.19. The van der Waals surface area contributed by atoms with Crippen LogP contribution >= 0.6 is 0 Å². The van der Waals surface area contributed by atoms with Crippen LogP contribution in [0.15, 0.2) is 0 Å². The van der Waals surface area contributed by atoms with Gasteiger partial charge in [0.05, 0.1) is 12.6 Å². The molecule has 2 heterocycles. The molecule has 0 spiro atoms. The molecule has 1 unspecified atom stereocenters. The first kappa shape index (κ1) is 14.1. The van der Waals surface area contributed by atoms with E-state index < -0.39 is 0 Å². The SMILES string of the molecule is CCNc1nc(CC)nc(NC2CCCOC2)c1C. The summed E-state index contributed by atoms with van der Waals surface area (Å²) < 4.78 is 5.51. The van der Waals surface area contributed by atoms with Crippen molar-refractivity contribution in [3.8, 4) is 0 Å². The van der Waals surface area contributed by atoms with Crippen molar-refractivity contribution in [2.45, 2.75) is 46.1 Å². The van der Waals surface area contributed by atoms with Crippen LogP contribution in [-0.4, -0.2) is 35.8 Å². The van der Waals surface area contributed by atoms with Gasteiger partial charge in [-0.25, -0.2) is 9.97 Å². The summed E-state index contributed by atoms with van der Waals surface area (Å²) in [7, 11) is 0. The second-order valence-electron chi connectivity index (χ2n) is 4.90. The lowest BCUT2D eigenvalue weighted by Gasteiger charge is -2.25. The molecule has 106 valence electrons. The number of rotatable bonds is 5. The Kier molecular flexibility index (Phi) is 4.96. The molecule has 1 aromatic rings. The normalized spacial score (nSPS) is 19.2. The van der Waals surface area contributed by atoms with Crippen molar-refractivity contribution in [1.82, 2.24) is 9.97 Å². The first-order valence-corrected chi connectivity index (χ1v) is 7.20. The van der Waals surface area contributed by atoms with Crippen LogP contribution in [0.2, 0.25) is 0 Å². The third-order valence-corrected chi connectivity index (χ3v) is 3.35. The van der Waals surface area contributed by atoms with E-state index in [1.807, 2.05) is 0 Å². The Hall–Kier alpha value is -1.36. The lowest BCUT2D eigenvalue weighted by Crippen LogP contribution is -2.31. The van der Waals surface area contributed by atoms with Gasteiger partial charge in [0.2, 0.25) is 0 Å². The van der Waals surface area contributed by atoms with Gasteiger partial charge in [0.1, 0.15) is 17.5 Å². The molecule has 1 aliphatic rings. The van der Waals surface area contributed by atoms with Gasteiger partial charge >= 0.3 is 0 Å². The summed E-state index contributed by atoms with van der Waals surface area (Å²) in [5.41, 5.74) is 1.09. The Labute approximate surface area is 115 Å². The van der Waals surface area contributed by atoms with Gasteiger partial charge in [-0.1, -0.05) is 6.92 Å². The van der Waals surface area contributed by atoms with E-state index in [1.54, 1.807) is 0 Å². The van der Waals surface area contributed by atoms with Crippen LogP contribution < -0.4 is 10.6 Å². The second-order valence-corrected chi connectivity index (χ2v) is 4.90. The maximum atomic E-state index is 5.51. The van der Waals surface area contributed by atoms with Gasteiger partial charge in [-0.2, -0.15) is 0 Å². The standard InChI is InChI=1S/C14H24N4O/c1-4-12-17-13(15-5-2)10(3)14(18-12)16-11-7-6-8-19-9-11/h11H,4-9H2,1-3H3,(H2,15,16,17,18). The molecule has 1 fully saturated rings. The van der Waals surface area contributed by atoms with Crippen LogP contribution in [0.1, 0.15) is 38.1 Å². The van der Waals surface area contributed by atoms with Gasteiger partial charge in [-0.05, 0) is 26.7 Å². The van der Waals surface area contributed by atoms with E-state index in [0.717, 1.165) is 62.0 Å². The molecule has 0 aromatic carbocycles. The number of ether oxygens (including phenoxy) is 1. The molecule has 0 aliphatic carbocycles. The fourth-order valence-corrected chi connectivity index (χ4v) is 2.25. The number of nitrogens with zero attached hydrogens (tertiary/aromatic N) is 2. The Bertz CT molecular complexity index is 416. The summed E-state index contributed by atoms with van der Waals surface area (Å²) in [6, 6.07) is 0.363. The zero-order valence-electron chi connectivity index (χ0n) is 12.1. The van der Waals surface area contributed by atoms with Gasteiger partial charge in [0, 0.05) is 25.1 Å². The van der Waals surface area contributed by atoms with Crippen LogP contribution in [0.3, 0.4) is 0 Å². The van der Waals surface area contributed by atoms with Crippen molar-refractivity contribution in [1.29, 1.82) is 0 Å². The van der Waals surface area contributed by atoms with Gasteiger partial charge in [0.25, 0.3) is 0 Å². The zero-order valence-corrected chi connectivity index (χ0v) is 12.1. The highest BCUT2D eigenvalue weighted by molar-refractivity contribution is 5.57. The monoisotopic (exact) mass is 264 g/mol. The molecule has 0 amide bonds. The largest absolute Gasteiger partial charge is 0.379 e. The number of hydrogen-bond donors (Lipinski definition) is 2. The first-order valence-electron chi connectivity index (χ1n) is 7.20. The zero-order chi connectivity index (χ0) is 13.7. The average Bonchev–Trinajstić information content (AvgIpc) is 2.44. The van der Waals surface area contributed by atoms with E-state index in [-0.39, 0.29) is 0 Å². The van der Waals surface area contributed by atoms with E-state index in [9.17, 15) is 0 Å². The number of aromatic nitrogens is 2.